The zero-order valence-electron chi connectivity index (χ0n) is 21.4. The van der Waals surface area contributed by atoms with E-state index in [1.807, 2.05) is 84.9 Å². The van der Waals surface area contributed by atoms with E-state index in [0.717, 1.165) is 33.4 Å². The molecule has 0 fully saturated rings. The van der Waals surface area contributed by atoms with Gasteiger partial charge in [0.1, 0.15) is 5.75 Å². The molecule has 39 heavy (non-hydrogen) atoms. The minimum Gasteiger partial charge on any atom is -0.507 e. The lowest BCUT2D eigenvalue weighted by Crippen LogP contribution is -2.03. The van der Waals surface area contributed by atoms with Crippen LogP contribution in [0.5, 0.6) is 5.75 Å². The van der Waals surface area contributed by atoms with Gasteiger partial charge in [0.05, 0.1) is 6.61 Å². The highest BCUT2D eigenvalue weighted by Crippen LogP contribution is 2.30. The predicted octanol–water partition coefficient (Wildman–Crippen LogP) is 7.66. The van der Waals surface area contributed by atoms with E-state index >= 15 is 0 Å². The Labute approximate surface area is 229 Å². The second-order valence-corrected chi connectivity index (χ2v) is 9.13. The zero-order valence-corrected chi connectivity index (χ0v) is 22.2. The number of phenolic OH excluding ortho intramolecular Hbond substituents is 1. The molecule has 0 saturated heterocycles. The first-order valence-electron chi connectivity index (χ1n) is 12.2. The van der Waals surface area contributed by atoms with E-state index in [1.54, 1.807) is 6.07 Å². The highest BCUT2D eigenvalue weighted by atomic mass is 32.3. The standard InChI is InChI=1S/C30H24O.C2H6O5S/c31-30-23-20-27(19-16-24-10-4-1-5-11-24)28(21-17-25-12-6-2-7-13-25)29(30)22-18-26-14-8-3-9-15-26;1-2-6-7-8(3,4)5/h1-23,31H;2H2,1H3,(H,3,4,5). The summed E-state index contributed by atoms with van der Waals surface area (Å²) in [6.07, 6.45) is 12.4. The third-order valence-corrected chi connectivity index (χ3v) is 5.56. The van der Waals surface area contributed by atoms with Crippen molar-refractivity contribution >= 4 is 46.9 Å². The maximum absolute atomic E-state index is 10.7. The Bertz CT molecular complexity index is 1490. The summed E-state index contributed by atoms with van der Waals surface area (Å²) in [6.45, 7) is 1.59. The average Bonchev–Trinajstić information content (AvgIpc) is 2.95. The van der Waals surface area contributed by atoms with Gasteiger partial charge in [0.2, 0.25) is 0 Å². The van der Waals surface area contributed by atoms with Crippen LogP contribution in [0.15, 0.2) is 103 Å². The first kappa shape index (κ1) is 29.3. The number of aromatic hydroxyl groups is 1. The normalized spacial score (nSPS) is 11.6. The molecule has 4 rings (SSSR count). The number of hydrogen-bond acceptors (Lipinski definition) is 5. The molecular weight excluding hydrogens is 512 g/mol. The molecule has 0 atom stereocenters. The lowest BCUT2D eigenvalue weighted by atomic mass is 9.96. The van der Waals surface area contributed by atoms with Gasteiger partial charge in [-0.3, -0.25) is 4.55 Å². The summed E-state index contributed by atoms with van der Waals surface area (Å²) < 4.78 is 30.4. The molecule has 0 amide bonds. The molecule has 0 aliphatic carbocycles. The molecule has 7 heteroatoms. The summed E-state index contributed by atoms with van der Waals surface area (Å²) in [6, 6.07) is 34.2. The van der Waals surface area contributed by atoms with Crippen LogP contribution in [0.3, 0.4) is 0 Å². The summed E-state index contributed by atoms with van der Waals surface area (Å²) in [5, 5.41) is 10.7. The van der Waals surface area contributed by atoms with E-state index in [2.05, 4.69) is 57.8 Å². The van der Waals surface area contributed by atoms with Crippen molar-refractivity contribution in [3.05, 3.63) is 137 Å². The van der Waals surface area contributed by atoms with Gasteiger partial charge in [-0.25, -0.2) is 4.89 Å². The number of phenols is 1. The molecule has 0 spiro atoms. The van der Waals surface area contributed by atoms with Crippen molar-refractivity contribution in [1.82, 2.24) is 0 Å². The van der Waals surface area contributed by atoms with Crippen LogP contribution >= 0.6 is 0 Å². The molecule has 0 aromatic heterocycles. The molecule has 0 aliphatic heterocycles. The van der Waals surface area contributed by atoms with Crippen LogP contribution in [-0.2, 0) is 19.6 Å². The number of hydrogen-bond donors (Lipinski definition) is 2. The molecule has 0 saturated carbocycles. The van der Waals surface area contributed by atoms with Crippen LogP contribution in [0.1, 0.15) is 40.3 Å². The largest absolute Gasteiger partial charge is 0.507 e. The van der Waals surface area contributed by atoms with Gasteiger partial charge < -0.3 is 5.11 Å². The molecule has 0 aliphatic rings. The summed E-state index contributed by atoms with van der Waals surface area (Å²) in [7, 11) is -4.41. The Morgan fingerprint density at radius 3 is 1.46 bits per heavy atom. The molecule has 0 radical (unpaired) electrons. The van der Waals surface area contributed by atoms with Gasteiger partial charge >= 0.3 is 10.4 Å². The van der Waals surface area contributed by atoms with Crippen molar-refractivity contribution in [3.8, 4) is 5.75 Å². The van der Waals surface area contributed by atoms with Gasteiger partial charge in [0, 0.05) is 5.56 Å². The number of rotatable bonds is 9. The van der Waals surface area contributed by atoms with Gasteiger partial charge in [-0.05, 0) is 40.8 Å². The summed E-state index contributed by atoms with van der Waals surface area (Å²) >= 11 is 0. The van der Waals surface area contributed by atoms with Crippen LogP contribution < -0.4 is 0 Å². The first-order chi connectivity index (χ1) is 18.9. The van der Waals surface area contributed by atoms with Gasteiger partial charge in [-0.2, -0.15) is 8.42 Å². The molecule has 0 heterocycles. The molecule has 0 bridgehead atoms. The predicted molar refractivity (Wildman–Crippen MR) is 158 cm³/mol. The fourth-order valence-corrected chi connectivity index (χ4v) is 3.71. The van der Waals surface area contributed by atoms with Crippen molar-refractivity contribution in [2.45, 2.75) is 6.92 Å². The Kier molecular flexibility index (Phi) is 11.4. The monoisotopic (exact) mass is 542 g/mol. The Morgan fingerprint density at radius 2 is 1.05 bits per heavy atom. The Balaban J connectivity index is 0.000000459. The van der Waals surface area contributed by atoms with Crippen molar-refractivity contribution < 1.29 is 27.3 Å². The zero-order chi connectivity index (χ0) is 27.9. The van der Waals surface area contributed by atoms with Gasteiger partial charge in [-0.15, -0.1) is 0 Å². The van der Waals surface area contributed by atoms with Crippen molar-refractivity contribution in [2.75, 3.05) is 6.61 Å². The molecular formula is C32H30O6S. The molecule has 4 aromatic rings. The van der Waals surface area contributed by atoms with Crippen molar-refractivity contribution in [2.24, 2.45) is 0 Å². The van der Waals surface area contributed by atoms with E-state index < -0.39 is 10.4 Å². The second kappa shape index (κ2) is 15.2. The first-order valence-corrected chi connectivity index (χ1v) is 13.6. The lowest BCUT2D eigenvalue weighted by molar-refractivity contribution is -0.203. The van der Waals surface area contributed by atoms with Gasteiger partial charge in [-0.1, -0.05) is 138 Å². The lowest BCUT2D eigenvalue weighted by Gasteiger charge is -2.09. The Morgan fingerprint density at radius 1 is 0.615 bits per heavy atom. The highest BCUT2D eigenvalue weighted by molar-refractivity contribution is 7.80. The molecule has 2 N–H and O–H groups in total. The maximum atomic E-state index is 10.7. The summed E-state index contributed by atoms with van der Waals surface area (Å²) in [4.78, 5) is 3.86. The van der Waals surface area contributed by atoms with E-state index in [0.29, 0.717) is 0 Å². The van der Waals surface area contributed by atoms with Gasteiger partial charge in [0.15, 0.2) is 0 Å². The number of benzene rings is 4. The van der Waals surface area contributed by atoms with Crippen LogP contribution in [0.4, 0.5) is 0 Å². The van der Waals surface area contributed by atoms with E-state index in [1.165, 1.54) is 6.92 Å². The van der Waals surface area contributed by atoms with Crippen molar-refractivity contribution in [3.63, 3.8) is 0 Å². The fourth-order valence-electron chi connectivity index (χ4n) is 3.49. The van der Waals surface area contributed by atoms with E-state index in [-0.39, 0.29) is 12.4 Å². The quantitative estimate of drug-likeness (QED) is 0.0976. The SMILES string of the molecule is CCOOS(=O)(=O)O.Oc1ccc(C=Cc2ccccc2)c(C=Cc2ccccc2)c1C=Cc1ccccc1. The van der Waals surface area contributed by atoms with Crippen LogP contribution in [0.2, 0.25) is 0 Å². The van der Waals surface area contributed by atoms with Crippen LogP contribution in [0, 0.1) is 0 Å². The maximum Gasteiger partial charge on any atom is 0.424 e. The minimum atomic E-state index is -4.41. The minimum absolute atomic E-state index is 0.0692. The fraction of sp³-hybridized carbons (Fsp3) is 0.0625. The van der Waals surface area contributed by atoms with Gasteiger partial charge in [0.25, 0.3) is 0 Å². The third kappa shape index (κ3) is 10.6. The second-order valence-electron chi connectivity index (χ2n) is 8.14. The summed E-state index contributed by atoms with van der Waals surface area (Å²) in [5.41, 5.74) is 6.15. The molecule has 4 aromatic carbocycles. The van der Waals surface area contributed by atoms with Crippen molar-refractivity contribution in [1.29, 1.82) is 0 Å². The molecule has 200 valence electrons. The smallest absolute Gasteiger partial charge is 0.424 e. The topological polar surface area (TPSA) is 93.1 Å². The highest BCUT2D eigenvalue weighted by Gasteiger charge is 2.08. The van der Waals surface area contributed by atoms with E-state index in [9.17, 15) is 13.5 Å². The molecule has 6 nitrogen and oxygen atoms in total. The Hall–Kier alpha value is -4.27. The molecule has 0 unspecified atom stereocenters. The van der Waals surface area contributed by atoms with Crippen LogP contribution in [0.25, 0.3) is 36.5 Å². The third-order valence-electron chi connectivity index (χ3n) is 5.29. The van der Waals surface area contributed by atoms with Crippen LogP contribution in [-0.4, -0.2) is 24.7 Å². The van der Waals surface area contributed by atoms with E-state index in [4.69, 9.17) is 4.55 Å². The summed E-state index contributed by atoms with van der Waals surface area (Å²) in [5.74, 6) is 0.261. The average molecular weight is 543 g/mol.